The zero-order valence-electron chi connectivity index (χ0n) is 21.9. The molecule has 0 aliphatic carbocycles. The summed E-state index contributed by atoms with van der Waals surface area (Å²) >= 11 is 9.07. The van der Waals surface area contributed by atoms with Crippen molar-refractivity contribution in [1.82, 2.24) is 0 Å². The van der Waals surface area contributed by atoms with Crippen LogP contribution in [0.2, 0.25) is 5.02 Å². The molecular weight excluding hydrogens is 571 g/mol. The highest BCUT2D eigenvalue weighted by molar-refractivity contribution is 9.10. The van der Waals surface area contributed by atoms with Crippen LogP contribution in [0.25, 0.3) is 22.3 Å². The van der Waals surface area contributed by atoms with E-state index in [0.29, 0.717) is 16.2 Å². The van der Waals surface area contributed by atoms with Crippen molar-refractivity contribution >= 4 is 51.5 Å². The Morgan fingerprint density at radius 3 is 1.59 bits per heavy atom. The quantitative estimate of drug-likeness (QED) is 0.129. The molecule has 0 heterocycles. The van der Waals surface area contributed by atoms with Crippen molar-refractivity contribution in [3.8, 4) is 22.3 Å². The van der Waals surface area contributed by atoms with Crippen LogP contribution in [0.3, 0.4) is 0 Å². The summed E-state index contributed by atoms with van der Waals surface area (Å²) < 4.78 is 0.962. The maximum atomic E-state index is 8.58. The van der Waals surface area contributed by atoms with E-state index in [9.17, 15) is 0 Å². The second-order valence-corrected chi connectivity index (χ2v) is 10.2. The third-order valence-electron chi connectivity index (χ3n) is 5.98. The molecule has 0 aliphatic rings. The fourth-order valence-electron chi connectivity index (χ4n) is 3.79. The van der Waals surface area contributed by atoms with E-state index in [4.69, 9.17) is 33.1 Å². The highest BCUT2D eigenvalue weighted by atomic mass is 79.9. The molecule has 5 rings (SSSR count). The van der Waals surface area contributed by atoms with E-state index in [1.54, 1.807) is 30.3 Å². The topological polar surface area (TPSA) is 92.5 Å². The third kappa shape index (κ3) is 8.74. The predicted molar refractivity (Wildman–Crippen MR) is 171 cm³/mol. The van der Waals surface area contributed by atoms with E-state index in [2.05, 4.69) is 71.4 Å². The highest BCUT2D eigenvalue weighted by Gasteiger charge is 2.09. The molecule has 198 valence electrons. The van der Waals surface area contributed by atoms with Crippen molar-refractivity contribution in [3.63, 3.8) is 0 Å². The lowest BCUT2D eigenvalue weighted by Crippen LogP contribution is -2.29. The zero-order chi connectivity index (χ0) is 28.4. The summed E-state index contributed by atoms with van der Waals surface area (Å²) in [6.45, 7) is 3.99. The Morgan fingerprint density at radius 1 is 0.615 bits per heavy atom. The number of hydrogen-bond acceptors (Lipinski definition) is 4. The number of nitrogen functional groups attached to an aromatic ring is 2. The van der Waals surface area contributed by atoms with Crippen molar-refractivity contribution in [2.45, 2.75) is 13.8 Å². The van der Waals surface area contributed by atoms with E-state index in [-0.39, 0.29) is 0 Å². The molecule has 0 aromatic heterocycles. The van der Waals surface area contributed by atoms with Crippen LogP contribution < -0.4 is 16.9 Å². The Bertz CT molecular complexity index is 1460. The Labute approximate surface area is 244 Å². The minimum Gasteiger partial charge on any atom is -0.423 e. The molecule has 7 heteroatoms. The highest BCUT2D eigenvalue weighted by Crippen LogP contribution is 2.33. The summed E-state index contributed by atoms with van der Waals surface area (Å²) in [5.74, 6) is 0. The van der Waals surface area contributed by atoms with Crippen LogP contribution in [0, 0.1) is 13.8 Å². The minimum absolute atomic E-state index is 0.525. The SMILES string of the molecule is Cc1cc(-c2ccccc2)cc(-c2ccccc2)c1N.Cc1cc(Br)cc(Cl)c1N.OB(O)c1ccccc1. The molecule has 5 aromatic carbocycles. The molecule has 0 fully saturated rings. The Balaban J connectivity index is 0.000000185. The van der Waals surface area contributed by atoms with Gasteiger partial charge in [0.1, 0.15) is 0 Å². The molecule has 0 amide bonds. The van der Waals surface area contributed by atoms with Crippen molar-refractivity contribution in [2.75, 3.05) is 11.5 Å². The molecule has 0 saturated carbocycles. The monoisotopic (exact) mass is 600 g/mol. The summed E-state index contributed by atoms with van der Waals surface area (Å²) in [5.41, 5.74) is 20.7. The summed E-state index contributed by atoms with van der Waals surface area (Å²) in [6, 6.07) is 37.4. The molecule has 0 bridgehead atoms. The van der Waals surface area contributed by atoms with Crippen LogP contribution in [0.4, 0.5) is 11.4 Å². The molecule has 0 aliphatic heterocycles. The van der Waals surface area contributed by atoms with Gasteiger partial charge in [0.25, 0.3) is 0 Å². The predicted octanol–water partition coefficient (Wildman–Crippen LogP) is 7.27. The molecule has 0 unspecified atom stereocenters. The summed E-state index contributed by atoms with van der Waals surface area (Å²) in [4.78, 5) is 0. The second-order valence-electron chi connectivity index (χ2n) is 8.89. The van der Waals surface area contributed by atoms with Crippen molar-refractivity contribution in [1.29, 1.82) is 0 Å². The molecule has 0 radical (unpaired) electrons. The number of nitrogens with two attached hydrogens (primary N) is 2. The van der Waals surface area contributed by atoms with Crippen molar-refractivity contribution < 1.29 is 10.0 Å². The largest absolute Gasteiger partial charge is 0.488 e. The van der Waals surface area contributed by atoms with Gasteiger partial charge in [0.2, 0.25) is 0 Å². The van der Waals surface area contributed by atoms with E-state index >= 15 is 0 Å². The van der Waals surface area contributed by atoms with Crippen molar-refractivity contribution in [3.05, 3.63) is 136 Å². The van der Waals surface area contributed by atoms with Gasteiger partial charge >= 0.3 is 7.12 Å². The van der Waals surface area contributed by atoms with Crippen LogP contribution in [0.15, 0.2) is 120 Å². The number of rotatable bonds is 3. The molecule has 39 heavy (non-hydrogen) atoms. The Kier molecular flexibility index (Phi) is 11.2. The van der Waals surface area contributed by atoms with Gasteiger partial charge in [0.05, 0.1) is 10.7 Å². The molecular formula is C32H31BBrClN2O2. The summed E-state index contributed by atoms with van der Waals surface area (Å²) in [7, 11) is -1.34. The molecule has 0 atom stereocenters. The van der Waals surface area contributed by atoms with Gasteiger partial charge in [-0.1, -0.05) is 119 Å². The number of hydrogen-bond donors (Lipinski definition) is 4. The van der Waals surface area contributed by atoms with E-state index < -0.39 is 7.12 Å². The number of benzene rings is 5. The molecule has 5 aromatic rings. The minimum atomic E-state index is -1.34. The average molecular weight is 602 g/mol. The van der Waals surface area contributed by atoms with Gasteiger partial charge < -0.3 is 21.5 Å². The Morgan fingerprint density at radius 2 is 1.10 bits per heavy atom. The number of anilines is 2. The first kappa shape index (κ1) is 30.0. The molecule has 0 saturated heterocycles. The normalized spacial score (nSPS) is 10.0. The fourth-order valence-corrected chi connectivity index (χ4v) is 4.76. The maximum absolute atomic E-state index is 8.58. The Hall–Kier alpha value is -3.55. The second kappa shape index (κ2) is 14.6. The molecule has 0 spiro atoms. The fraction of sp³-hybridized carbons (Fsp3) is 0.0625. The van der Waals surface area contributed by atoms with Gasteiger partial charge in [-0.15, -0.1) is 0 Å². The summed E-state index contributed by atoms with van der Waals surface area (Å²) in [5, 5.41) is 17.8. The number of halogens is 2. The van der Waals surface area contributed by atoms with Crippen molar-refractivity contribution in [2.24, 2.45) is 0 Å². The lowest BCUT2D eigenvalue weighted by Gasteiger charge is -2.12. The van der Waals surface area contributed by atoms with Crippen LogP contribution in [-0.4, -0.2) is 17.2 Å². The van der Waals surface area contributed by atoms with Crippen LogP contribution in [-0.2, 0) is 0 Å². The number of aryl methyl sites for hydroxylation is 2. The molecule has 6 N–H and O–H groups in total. The molecule has 4 nitrogen and oxygen atoms in total. The van der Waals surface area contributed by atoms with Gasteiger partial charge in [-0.3, -0.25) is 0 Å². The van der Waals surface area contributed by atoms with Gasteiger partial charge in [-0.2, -0.15) is 0 Å². The van der Waals surface area contributed by atoms with Crippen LogP contribution in [0.5, 0.6) is 0 Å². The van der Waals surface area contributed by atoms with Crippen LogP contribution >= 0.6 is 27.5 Å². The first-order chi connectivity index (χ1) is 18.7. The average Bonchev–Trinajstić information content (AvgIpc) is 2.95. The standard InChI is InChI=1S/C19H17N.C7H7BrClN.C6H7BO2/c1-14-12-17(15-8-4-2-5-9-15)13-18(19(14)20)16-10-6-3-7-11-16;1-4-2-5(8)3-6(9)7(4)10;8-7(9)6-4-2-1-3-5-6/h2-13H,20H2,1H3;2-3H,10H2,1H3;1-5,8-9H. The lowest BCUT2D eigenvalue weighted by atomic mass is 9.81. The third-order valence-corrected chi connectivity index (χ3v) is 6.75. The first-order valence-corrected chi connectivity index (χ1v) is 13.5. The van der Waals surface area contributed by atoms with Gasteiger partial charge in [0.15, 0.2) is 0 Å². The smallest absolute Gasteiger partial charge is 0.423 e. The van der Waals surface area contributed by atoms with E-state index in [1.165, 1.54) is 11.1 Å². The lowest BCUT2D eigenvalue weighted by molar-refractivity contribution is 0.426. The first-order valence-electron chi connectivity index (χ1n) is 12.3. The zero-order valence-corrected chi connectivity index (χ0v) is 24.2. The summed E-state index contributed by atoms with van der Waals surface area (Å²) in [6.07, 6.45) is 0. The van der Waals surface area contributed by atoms with Gasteiger partial charge in [0, 0.05) is 15.7 Å². The maximum Gasteiger partial charge on any atom is 0.488 e. The van der Waals surface area contributed by atoms with Crippen LogP contribution in [0.1, 0.15) is 11.1 Å². The van der Waals surface area contributed by atoms with E-state index in [0.717, 1.165) is 32.4 Å². The van der Waals surface area contributed by atoms with Gasteiger partial charge in [-0.25, -0.2) is 0 Å². The van der Waals surface area contributed by atoms with Gasteiger partial charge in [-0.05, 0) is 71.4 Å². The van der Waals surface area contributed by atoms with E-state index in [1.807, 2.05) is 43.3 Å².